The van der Waals surface area contributed by atoms with E-state index in [1.165, 1.54) is 30.5 Å². The van der Waals surface area contributed by atoms with E-state index in [1.807, 2.05) is 6.92 Å². The van der Waals surface area contributed by atoms with Crippen LogP contribution in [0.2, 0.25) is 0 Å². The van der Waals surface area contributed by atoms with Crippen LogP contribution >= 0.6 is 0 Å². The van der Waals surface area contributed by atoms with Gasteiger partial charge in [0, 0.05) is 0 Å². The number of carbonyl (C=O) groups is 2. The van der Waals surface area contributed by atoms with Gasteiger partial charge in [0.1, 0.15) is 10.6 Å². The Morgan fingerprint density at radius 3 is 1.97 bits per heavy atom. The smallest absolute Gasteiger partial charge is 0.339 e. The molecule has 0 saturated carbocycles. The zero-order valence-corrected chi connectivity index (χ0v) is 16.7. The molecule has 0 bridgehead atoms. The molecule has 0 saturated heterocycles. The lowest BCUT2D eigenvalue weighted by Crippen LogP contribution is -2.23. The SMILES string of the molecule is Cc1ccc(S(=O)(=O)Oc2ccc(/C=N\N3C(=O)c4ccccc4C3=O)cc2)cc1. The topological polar surface area (TPSA) is 93.1 Å². The van der Waals surface area contributed by atoms with Crippen LogP contribution in [0.4, 0.5) is 0 Å². The molecule has 7 nitrogen and oxygen atoms in total. The first-order valence-corrected chi connectivity index (χ1v) is 10.4. The second-order valence-corrected chi connectivity index (χ2v) is 8.18. The fourth-order valence-electron chi connectivity index (χ4n) is 2.89. The second-order valence-electron chi connectivity index (χ2n) is 6.63. The van der Waals surface area contributed by atoms with Crippen molar-refractivity contribution in [1.29, 1.82) is 0 Å². The number of rotatable bonds is 5. The molecule has 0 fully saturated rings. The van der Waals surface area contributed by atoms with Crippen LogP contribution in [0.5, 0.6) is 5.75 Å². The van der Waals surface area contributed by atoms with Crippen LogP contribution in [0, 0.1) is 6.92 Å². The molecule has 4 rings (SSSR count). The summed E-state index contributed by atoms with van der Waals surface area (Å²) in [5, 5.41) is 4.78. The van der Waals surface area contributed by atoms with Gasteiger partial charge in [-0.25, -0.2) is 0 Å². The van der Waals surface area contributed by atoms with Gasteiger partial charge >= 0.3 is 10.1 Å². The normalized spacial score (nSPS) is 13.7. The van der Waals surface area contributed by atoms with Crippen molar-refractivity contribution in [3.8, 4) is 5.75 Å². The minimum Gasteiger partial charge on any atom is -0.379 e. The fraction of sp³-hybridized carbons (Fsp3) is 0.0455. The van der Waals surface area contributed by atoms with Gasteiger partial charge in [0.05, 0.1) is 17.3 Å². The van der Waals surface area contributed by atoms with E-state index in [9.17, 15) is 18.0 Å². The maximum absolute atomic E-state index is 12.3. The van der Waals surface area contributed by atoms with E-state index < -0.39 is 21.9 Å². The summed E-state index contributed by atoms with van der Waals surface area (Å²) in [7, 11) is -3.94. The highest BCUT2D eigenvalue weighted by molar-refractivity contribution is 7.87. The zero-order valence-electron chi connectivity index (χ0n) is 15.8. The summed E-state index contributed by atoms with van der Waals surface area (Å²) < 4.78 is 29.8. The molecular weight excluding hydrogens is 404 g/mol. The number of hydrogen-bond acceptors (Lipinski definition) is 6. The van der Waals surface area contributed by atoms with Gasteiger partial charge < -0.3 is 4.18 Å². The first-order chi connectivity index (χ1) is 14.3. The summed E-state index contributed by atoms with van der Waals surface area (Å²) in [6.45, 7) is 1.86. The number of hydrogen-bond donors (Lipinski definition) is 0. The summed E-state index contributed by atoms with van der Waals surface area (Å²) in [6.07, 6.45) is 1.35. The van der Waals surface area contributed by atoms with Gasteiger partial charge in [0.25, 0.3) is 11.8 Å². The highest BCUT2D eigenvalue weighted by Crippen LogP contribution is 2.23. The Balaban J connectivity index is 1.47. The average Bonchev–Trinajstić information content (AvgIpc) is 2.98. The molecule has 150 valence electrons. The van der Waals surface area contributed by atoms with Crippen LogP contribution in [0.1, 0.15) is 31.8 Å². The molecular formula is C22H16N2O5S. The first kappa shape index (κ1) is 19.5. The third-order valence-electron chi connectivity index (χ3n) is 4.49. The number of aryl methyl sites for hydroxylation is 1. The number of hydrazone groups is 1. The largest absolute Gasteiger partial charge is 0.379 e. The van der Waals surface area contributed by atoms with Crippen LogP contribution in [-0.4, -0.2) is 31.5 Å². The van der Waals surface area contributed by atoms with E-state index in [0.29, 0.717) is 16.7 Å². The van der Waals surface area contributed by atoms with Crippen LogP contribution < -0.4 is 4.18 Å². The van der Waals surface area contributed by atoms with Crippen molar-refractivity contribution in [2.45, 2.75) is 11.8 Å². The Labute approximate surface area is 173 Å². The third kappa shape index (κ3) is 3.72. The molecule has 1 aliphatic rings. The Morgan fingerprint density at radius 2 is 1.40 bits per heavy atom. The minimum atomic E-state index is -3.94. The minimum absolute atomic E-state index is 0.0596. The molecule has 0 aromatic heterocycles. The lowest BCUT2D eigenvalue weighted by atomic mass is 10.1. The van der Waals surface area contributed by atoms with E-state index in [-0.39, 0.29) is 10.6 Å². The molecule has 0 spiro atoms. The Kier molecular flexibility index (Phi) is 4.93. The summed E-state index contributed by atoms with van der Waals surface area (Å²) in [5.74, 6) is -0.847. The standard InChI is InChI=1S/C22H16N2O5S/c1-15-6-12-18(13-7-15)30(27,28)29-17-10-8-16(9-11-17)14-23-24-21(25)19-4-2-3-5-20(19)22(24)26/h2-14H,1H3/b23-14-. The van der Waals surface area contributed by atoms with Crippen molar-refractivity contribution in [3.05, 3.63) is 95.1 Å². The number of amides is 2. The summed E-state index contributed by atoms with van der Waals surface area (Å²) in [6, 6.07) is 18.9. The summed E-state index contributed by atoms with van der Waals surface area (Å²) in [5.41, 5.74) is 2.12. The van der Waals surface area contributed by atoms with Gasteiger partial charge in [-0.3, -0.25) is 9.59 Å². The monoisotopic (exact) mass is 420 g/mol. The molecule has 0 N–H and O–H groups in total. The number of imide groups is 1. The van der Waals surface area contributed by atoms with Crippen molar-refractivity contribution < 1.29 is 22.2 Å². The van der Waals surface area contributed by atoms with E-state index in [2.05, 4.69) is 5.10 Å². The number of nitrogens with zero attached hydrogens (tertiary/aromatic N) is 2. The third-order valence-corrected chi connectivity index (χ3v) is 5.75. The van der Waals surface area contributed by atoms with E-state index >= 15 is 0 Å². The van der Waals surface area contributed by atoms with Crippen molar-refractivity contribution in [2.24, 2.45) is 5.10 Å². The second kappa shape index (κ2) is 7.57. The predicted octanol–water partition coefficient (Wildman–Crippen LogP) is 3.39. The summed E-state index contributed by atoms with van der Waals surface area (Å²) in [4.78, 5) is 24.7. The van der Waals surface area contributed by atoms with Crippen LogP contribution in [0.25, 0.3) is 0 Å². The van der Waals surface area contributed by atoms with Crippen LogP contribution in [0.3, 0.4) is 0 Å². The van der Waals surface area contributed by atoms with Gasteiger partial charge in [-0.1, -0.05) is 29.8 Å². The van der Waals surface area contributed by atoms with Gasteiger partial charge in [0.15, 0.2) is 0 Å². The molecule has 30 heavy (non-hydrogen) atoms. The highest BCUT2D eigenvalue weighted by atomic mass is 32.2. The number of benzene rings is 3. The van der Waals surface area contributed by atoms with Gasteiger partial charge in [-0.2, -0.15) is 18.5 Å². The van der Waals surface area contributed by atoms with Crippen LogP contribution in [0.15, 0.2) is 82.8 Å². The molecule has 0 aliphatic carbocycles. The maximum Gasteiger partial charge on any atom is 0.339 e. The molecule has 0 atom stereocenters. The molecule has 1 aliphatic heterocycles. The van der Waals surface area contributed by atoms with E-state index in [1.54, 1.807) is 48.5 Å². The summed E-state index contributed by atoms with van der Waals surface area (Å²) >= 11 is 0. The highest BCUT2D eigenvalue weighted by Gasteiger charge is 2.35. The maximum atomic E-state index is 12.3. The average molecular weight is 420 g/mol. The molecule has 2 amide bonds. The lowest BCUT2D eigenvalue weighted by molar-refractivity contribution is 0.0660. The van der Waals surface area contributed by atoms with Crippen molar-refractivity contribution in [2.75, 3.05) is 0 Å². The van der Waals surface area contributed by atoms with Crippen molar-refractivity contribution >= 4 is 28.1 Å². The Bertz CT molecular complexity index is 1230. The quantitative estimate of drug-likeness (QED) is 0.358. The van der Waals surface area contributed by atoms with Crippen molar-refractivity contribution in [1.82, 2.24) is 5.01 Å². The lowest BCUT2D eigenvalue weighted by Gasteiger charge is -2.08. The fourth-order valence-corrected chi connectivity index (χ4v) is 3.83. The number of carbonyl (C=O) groups excluding carboxylic acids is 2. The van der Waals surface area contributed by atoms with E-state index in [4.69, 9.17) is 4.18 Å². The van der Waals surface area contributed by atoms with Crippen molar-refractivity contribution in [3.63, 3.8) is 0 Å². The van der Waals surface area contributed by atoms with Gasteiger partial charge in [0.2, 0.25) is 0 Å². The zero-order chi connectivity index (χ0) is 21.3. The molecule has 0 unspecified atom stereocenters. The molecule has 8 heteroatoms. The molecule has 1 heterocycles. The molecule has 0 radical (unpaired) electrons. The van der Waals surface area contributed by atoms with Gasteiger partial charge in [-0.05, 0) is 61.0 Å². The first-order valence-electron chi connectivity index (χ1n) is 8.98. The Hall–Kier alpha value is -3.78. The van der Waals surface area contributed by atoms with Gasteiger partial charge in [-0.15, -0.1) is 0 Å². The molecule has 3 aromatic carbocycles. The van der Waals surface area contributed by atoms with E-state index in [0.717, 1.165) is 10.6 Å². The Morgan fingerprint density at radius 1 is 0.833 bits per heavy atom. The van der Waals surface area contributed by atoms with Crippen LogP contribution in [-0.2, 0) is 10.1 Å². The number of fused-ring (bicyclic) bond motifs is 1. The molecule has 3 aromatic rings. The predicted molar refractivity (Wildman–Crippen MR) is 110 cm³/mol.